The van der Waals surface area contributed by atoms with E-state index in [2.05, 4.69) is 9.47 Å². The molecule has 1 unspecified atom stereocenters. The first kappa shape index (κ1) is 14.8. The predicted molar refractivity (Wildman–Crippen MR) is 51.8 cm³/mol. The van der Waals surface area contributed by atoms with Gasteiger partial charge in [-0.1, -0.05) is 0 Å². The number of esters is 2. The minimum atomic E-state index is -4.04. The van der Waals surface area contributed by atoms with Crippen molar-refractivity contribution in [3.8, 4) is 0 Å². The van der Waals surface area contributed by atoms with E-state index in [0.717, 1.165) is 14.2 Å². The molecule has 0 radical (unpaired) electrons. The maximum Gasteiger partial charge on any atom is 0.326 e. The summed E-state index contributed by atoms with van der Waals surface area (Å²) in [6.07, 6.45) is 0. The fraction of sp³-hybridized carbons (Fsp3) is 0.714. The Hall–Kier alpha value is -1.19. The van der Waals surface area contributed by atoms with Crippen LogP contribution in [0.4, 0.5) is 0 Å². The lowest BCUT2D eigenvalue weighted by atomic mass is 10.3. The molecule has 0 aromatic carbocycles. The van der Waals surface area contributed by atoms with Gasteiger partial charge < -0.3 is 14.6 Å². The van der Waals surface area contributed by atoms with Crippen LogP contribution in [0.1, 0.15) is 0 Å². The first-order valence-electron chi connectivity index (χ1n) is 4.11. The van der Waals surface area contributed by atoms with Crippen LogP contribution in [0.2, 0.25) is 0 Å². The predicted octanol–water partition coefficient (Wildman–Crippen LogP) is -2.39. The second kappa shape index (κ2) is 6.40. The molecule has 0 rings (SSSR count). The van der Waals surface area contributed by atoms with E-state index in [1.807, 2.05) is 0 Å². The highest BCUT2D eigenvalue weighted by molar-refractivity contribution is 7.90. The molecule has 2 N–H and O–H groups in total. The molecule has 0 aliphatic rings. The molecule has 0 amide bonds. The molecule has 0 saturated carbocycles. The Balaban J connectivity index is 4.55. The molecule has 8 nitrogen and oxygen atoms in total. The zero-order valence-corrected chi connectivity index (χ0v) is 9.61. The second-order valence-electron chi connectivity index (χ2n) is 2.71. The Kier molecular flexibility index (Phi) is 5.93. The molecular formula is C7H13NO7S. The summed E-state index contributed by atoms with van der Waals surface area (Å²) >= 11 is 0. The Labute approximate surface area is 92.6 Å². The third-order valence-electron chi connectivity index (χ3n) is 1.53. The lowest BCUT2D eigenvalue weighted by molar-refractivity contribution is -0.143. The van der Waals surface area contributed by atoms with E-state index in [9.17, 15) is 18.0 Å². The highest BCUT2D eigenvalue weighted by Gasteiger charge is 2.26. The maximum atomic E-state index is 11.3. The third-order valence-corrected chi connectivity index (χ3v) is 2.79. The molecule has 0 aromatic heterocycles. The van der Waals surface area contributed by atoms with E-state index < -0.39 is 40.4 Å². The van der Waals surface area contributed by atoms with Crippen LogP contribution in [0.25, 0.3) is 0 Å². The van der Waals surface area contributed by atoms with Crippen LogP contribution in [0.3, 0.4) is 0 Å². The molecule has 94 valence electrons. The number of methoxy groups -OCH3 is 2. The van der Waals surface area contributed by atoms with E-state index in [1.165, 1.54) is 0 Å². The summed E-state index contributed by atoms with van der Waals surface area (Å²) < 4.78 is 32.7. The number of hydrogen-bond donors (Lipinski definition) is 2. The summed E-state index contributed by atoms with van der Waals surface area (Å²) in [6, 6.07) is -1.43. The number of nitrogens with one attached hydrogen (secondary N) is 1. The minimum absolute atomic E-state index is 0.771. The maximum absolute atomic E-state index is 11.3. The van der Waals surface area contributed by atoms with Crippen molar-refractivity contribution in [3.05, 3.63) is 0 Å². The van der Waals surface area contributed by atoms with Gasteiger partial charge >= 0.3 is 11.9 Å². The highest BCUT2D eigenvalue weighted by atomic mass is 32.2. The van der Waals surface area contributed by atoms with Gasteiger partial charge in [0.2, 0.25) is 10.0 Å². The first-order valence-corrected chi connectivity index (χ1v) is 5.77. The van der Waals surface area contributed by atoms with Gasteiger partial charge in [0.1, 0.15) is 6.04 Å². The Morgan fingerprint density at radius 1 is 1.31 bits per heavy atom. The summed E-state index contributed by atoms with van der Waals surface area (Å²) in [5, 5.41) is 8.74. The van der Waals surface area contributed by atoms with Gasteiger partial charge in [-0.05, 0) is 0 Å². The van der Waals surface area contributed by atoms with Gasteiger partial charge in [-0.15, -0.1) is 0 Å². The van der Waals surface area contributed by atoms with Gasteiger partial charge in [-0.3, -0.25) is 9.59 Å². The van der Waals surface area contributed by atoms with Crippen LogP contribution in [0.15, 0.2) is 0 Å². The van der Waals surface area contributed by atoms with Crippen molar-refractivity contribution in [2.75, 3.05) is 26.6 Å². The van der Waals surface area contributed by atoms with E-state index >= 15 is 0 Å². The van der Waals surface area contributed by atoms with Crippen molar-refractivity contribution >= 4 is 22.0 Å². The molecule has 0 bridgehead atoms. The van der Waals surface area contributed by atoms with Crippen molar-refractivity contribution in [2.45, 2.75) is 6.04 Å². The fourth-order valence-corrected chi connectivity index (χ4v) is 1.89. The monoisotopic (exact) mass is 255 g/mol. The molecular weight excluding hydrogens is 242 g/mol. The molecule has 0 heterocycles. The van der Waals surface area contributed by atoms with Crippen molar-refractivity contribution < 1.29 is 32.6 Å². The summed E-state index contributed by atoms with van der Waals surface area (Å²) in [6.45, 7) is -0.771. The molecule has 9 heteroatoms. The van der Waals surface area contributed by atoms with Gasteiger partial charge in [-0.2, -0.15) is 4.72 Å². The Morgan fingerprint density at radius 3 is 2.25 bits per heavy atom. The lowest BCUT2D eigenvalue weighted by Gasteiger charge is -2.13. The number of sulfonamides is 1. The summed E-state index contributed by atoms with van der Waals surface area (Å²) in [5.74, 6) is -2.86. The minimum Gasteiger partial charge on any atom is -0.468 e. The molecule has 16 heavy (non-hydrogen) atoms. The number of rotatable bonds is 6. The second-order valence-corrected chi connectivity index (χ2v) is 4.47. The van der Waals surface area contributed by atoms with Crippen LogP contribution in [0.5, 0.6) is 0 Å². The average molecular weight is 255 g/mol. The highest BCUT2D eigenvalue weighted by Crippen LogP contribution is 1.93. The lowest BCUT2D eigenvalue weighted by Crippen LogP contribution is -2.45. The van der Waals surface area contributed by atoms with Gasteiger partial charge in [-0.25, -0.2) is 8.42 Å². The van der Waals surface area contributed by atoms with Crippen LogP contribution in [-0.2, 0) is 29.1 Å². The molecule has 0 aromatic rings. The van der Waals surface area contributed by atoms with Crippen LogP contribution >= 0.6 is 0 Å². The van der Waals surface area contributed by atoms with Crippen molar-refractivity contribution in [1.82, 2.24) is 4.72 Å². The van der Waals surface area contributed by atoms with Gasteiger partial charge in [0.05, 0.1) is 20.8 Å². The Bertz CT molecular complexity index is 350. The van der Waals surface area contributed by atoms with Crippen LogP contribution in [-0.4, -0.2) is 58.1 Å². The van der Waals surface area contributed by atoms with E-state index in [-0.39, 0.29) is 0 Å². The molecule has 0 saturated heterocycles. The number of ether oxygens (including phenoxy) is 2. The van der Waals surface area contributed by atoms with E-state index in [4.69, 9.17) is 5.11 Å². The molecule has 0 spiro atoms. The van der Waals surface area contributed by atoms with Gasteiger partial charge in [0.25, 0.3) is 0 Å². The number of carbonyl (C=O) groups excluding carboxylic acids is 2. The molecule has 0 aliphatic heterocycles. The zero-order chi connectivity index (χ0) is 12.8. The zero-order valence-electron chi connectivity index (χ0n) is 8.80. The first-order chi connectivity index (χ1) is 7.36. The Morgan fingerprint density at radius 2 is 1.88 bits per heavy atom. The average Bonchev–Trinajstić information content (AvgIpc) is 2.24. The van der Waals surface area contributed by atoms with Crippen molar-refractivity contribution in [2.24, 2.45) is 0 Å². The number of carbonyl (C=O) groups is 2. The SMILES string of the molecule is COC(=O)CS(=O)(=O)NC(CO)C(=O)OC. The quantitative estimate of drug-likeness (QED) is 0.508. The van der Waals surface area contributed by atoms with Gasteiger partial charge in [0.15, 0.2) is 5.75 Å². The number of hydrogen-bond acceptors (Lipinski definition) is 7. The largest absolute Gasteiger partial charge is 0.468 e. The standard InChI is InChI=1S/C7H13NO7S/c1-14-6(10)4-16(12,13)8-5(3-9)7(11)15-2/h5,8-9H,3-4H2,1-2H3. The topological polar surface area (TPSA) is 119 Å². The third kappa shape index (κ3) is 5.05. The molecule has 0 aliphatic carbocycles. The molecule has 1 atom stereocenters. The van der Waals surface area contributed by atoms with E-state index in [0.29, 0.717) is 0 Å². The van der Waals surface area contributed by atoms with Crippen LogP contribution < -0.4 is 4.72 Å². The van der Waals surface area contributed by atoms with Crippen molar-refractivity contribution in [1.29, 1.82) is 0 Å². The summed E-state index contributed by atoms with van der Waals surface area (Å²) in [7, 11) is -1.97. The van der Waals surface area contributed by atoms with Crippen LogP contribution in [0, 0.1) is 0 Å². The van der Waals surface area contributed by atoms with Crippen molar-refractivity contribution in [3.63, 3.8) is 0 Å². The normalized spacial score (nSPS) is 12.9. The fourth-order valence-electron chi connectivity index (χ4n) is 0.775. The summed E-state index contributed by atoms with van der Waals surface area (Å²) in [5.41, 5.74) is 0. The number of aliphatic hydroxyl groups is 1. The summed E-state index contributed by atoms with van der Waals surface area (Å²) in [4.78, 5) is 21.7. The molecule has 0 fully saturated rings. The van der Waals surface area contributed by atoms with E-state index in [1.54, 1.807) is 4.72 Å². The smallest absolute Gasteiger partial charge is 0.326 e. The van der Waals surface area contributed by atoms with Gasteiger partial charge in [0, 0.05) is 0 Å². The number of aliphatic hydroxyl groups excluding tert-OH is 1.